The van der Waals surface area contributed by atoms with E-state index in [0.717, 1.165) is 31.4 Å². The van der Waals surface area contributed by atoms with Crippen molar-refractivity contribution in [2.45, 2.75) is 32.2 Å². The van der Waals surface area contributed by atoms with E-state index < -0.39 is 6.09 Å². The monoisotopic (exact) mass is 411 g/mol. The average Bonchev–Trinajstić information content (AvgIpc) is 2.77. The predicted molar refractivity (Wildman–Crippen MR) is 107 cm³/mol. The molecule has 0 spiro atoms. The van der Waals surface area contributed by atoms with Gasteiger partial charge in [0.05, 0.1) is 46.2 Å². The van der Waals surface area contributed by atoms with Crippen molar-refractivity contribution in [2.24, 2.45) is 0 Å². The Kier molecular flexibility index (Phi) is 13.1. The highest BCUT2D eigenvalue weighted by Gasteiger charge is 2.13. The van der Waals surface area contributed by atoms with Crippen molar-refractivity contribution < 1.29 is 33.2 Å². The van der Waals surface area contributed by atoms with Crippen LogP contribution >= 0.6 is 0 Å². The summed E-state index contributed by atoms with van der Waals surface area (Å²) in [7, 11) is 0. The number of hydrogen-bond donors (Lipinski definition) is 1. The number of rotatable bonds is 15. The fourth-order valence-corrected chi connectivity index (χ4v) is 2.62. The number of ether oxygens (including phenoxy) is 6. The molecule has 1 atom stereocenters. The summed E-state index contributed by atoms with van der Waals surface area (Å²) in [6, 6.07) is 9.53. The lowest BCUT2D eigenvalue weighted by Gasteiger charge is -2.22. The molecule has 1 N–H and O–H groups in total. The van der Waals surface area contributed by atoms with E-state index in [9.17, 15) is 4.79 Å². The number of carbonyl (C=O) groups excluding carboxylic acids is 1. The van der Waals surface area contributed by atoms with Gasteiger partial charge in [-0.05, 0) is 24.8 Å². The summed E-state index contributed by atoms with van der Waals surface area (Å²) < 4.78 is 32.4. The summed E-state index contributed by atoms with van der Waals surface area (Å²) in [5.41, 5.74) is 0.950. The lowest BCUT2D eigenvalue weighted by Crippen LogP contribution is -2.28. The molecule has 0 aromatic heterocycles. The molecule has 1 aromatic carbocycles. The van der Waals surface area contributed by atoms with Crippen molar-refractivity contribution in [3.63, 3.8) is 0 Å². The SMILES string of the molecule is O=C(NCCOCCOCCOCCOC1CCCCO1)OCc1ccccc1. The Hall–Kier alpha value is -1.71. The molecule has 0 bridgehead atoms. The Balaban J connectivity index is 1.27. The summed E-state index contributed by atoms with van der Waals surface area (Å²) in [5, 5.41) is 2.64. The second kappa shape index (κ2) is 16.1. The maximum Gasteiger partial charge on any atom is 0.407 e. The number of alkyl carbamates (subject to hydrolysis) is 1. The number of hydrogen-bond acceptors (Lipinski definition) is 7. The standard InChI is InChI=1S/C21H33NO7/c23-21(29-18-19-6-2-1-3-7-19)22-9-11-24-12-13-25-14-15-26-16-17-28-20-8-4-5-10-27-20/h1-3,6-7,20H,4-5,8-18H2,(H,22,23). The molecule has 0 aliphatic carbocycles. The summed E-state index contributed by atoms with van der Waals surface area (Å²) in [6.45, 7) is 4.87. The van der Waals surface area contributed by atoms with Gasteiger partial charge in [0.2, 0.25) is 0 Å². The Bertz CT molecular complexity index is 523. The van der Waals surface area contributed by atoms with Crippen LogP contribution in [-0.2, 0) is 35.0 Å². The molecule has 1 aliphatic rings. The minimum atomic E-state index is -0.454. The van der Waals surface area contributed by atoms with Gasteiger partial charge in [0.15, 0.2) is 6.29 Å². The third kappa shape index (κ3) is 12.5. The summed E-state index contributed by atoms with van der Waals surface area (Å²) >= 11 is 0. The Labute approximate surface area is 172 Å². The molecule has 8 heteroatoms. The largest absolute Gasteiger partial charge is 0.445 e. The predicted octanol–water partition coefficient (Wildman–Crippen LogP) is 2.51. The molecular weight excluding hydrogens is 378 g/mol. The maximum absolute atomic E-state index is 11.5. The third-order valence-corrected chi connectivity index (χ3v) is 4.14. The zero-order valence-electron chi connectivity index (χ0n) is 17.0. The van der Waals surface area contributed by atoms with Crippen LogP contribution in [0.1, 0.15) is 24.8 Å². The first kappa shape index (κ1) is 23.6. The van der Waals surface area contributed by atoms with Crippen LogP contribution in [0.25, 0.3) is 0 Å². The topological polar surface area (TPSA) is 84.5 Å². The van der Waals surface area contributed by atoms with Crippen LogP contribution in [0.3, 0.4) is 0 Å². The molecule has 29 heavy (non-hydrogen) atoms. The van der Waals surface area contributed by atoms with E-state index in [2.05, 4.69) is 5.32 Å². The maximum atomic E-state index is 11.5. The van der Waals surface area contributed by atoms with E-state index in [1.54, 1.807) is 0 Å². The first-order valence-electron chi connectivity index (χ1n) is 10.3. The Morgan fingerprint density at radius 1 is 0.931 bits per heavy atom. The fourth-order valence-electron chi connectivity index (χ4n) is 2.62. The molecule has 0 saturated carbocycles. The number of carbonyl (C=O) groups is 1. The van der Waals surface area contributed by atoms with Gasteiger partial charge in [-0.2, -0.15) is 0 Å². The van der Waals surface area contributed by atoms with Crippen LogP contribution < -0.4 is 5.32 Å². The summed E-state index contributed by atoms with van der Waals surface area (Å²) in [5.74, 6) is 0. The van der Waals surface area contributed by atoms with Crippen LogP contribution in [0.4, 0.5) is 4.79 Å². The first-order chi connectivity index (χ1) is 14.3. The smallest absolute Gasteiger partial charge is 0.407 e. The molecule has 1 amide bonds. The zero-order valence-corrected chi connectivity index (χ0v) is 17.0. The molecule has 1 fully saturated rings. The van der Waals surface area contributed by atoms with Gasteiger partial charge in [0.25, 0.3) is 0 Å². The zero-order chi connectivity index (χ0) is 20.4. The molecule has 8 nitrogen and oxygen atoms in total. The number of amides is 1. The van der Waals surface area contributed by atoms with Gasteiger partial charge in [-0.3, -0.25) is 0 Å². The molecule has 0 radical (unpaired) electrons. The van der Waals surface area contributed by atoms with Crippen molar-refractivity contribution in [1.82, 2.24) is 5.32 Å². The summed E-state index contributed by atoms with van der Waals surface area (Å²) in [4.78, 5) is 11.5. The van der Waals surface area contributed by atoms with Crippen LogP contribution in [0.15, 0.2) is 30.3 Å². The van der Waals surface area contributed by atoms with Gasteiger partial charge in [-0.25, -0.2) is 4.79 Å². The van der Waals surface area contributed by atoms with Gasteiger partial charge >= 0.3 is 6.09 Å². The van der Waals surface area contributed by atoms with Crippen molar-refractivity contribution in [2.75, 3.05) is 59.4 Å². The van der Waals surface area contributed by atoms with E-state index in [0.29, 0.717) is 52.8 Å². The van der Waals surface area contributed by atoms with Crippen molar-refractivity contribution in [3.8, 4) is 0 Å². The lowest BCUT2D eigenvalue weighted by molar-refractivity contribution is -0.169. The van der Waals surface area contributed by atoms with Crippen molar-refractivity contribution in [3.05, 3.63) is 35.9 Å². The van der Waals surface area contributed by atoms with Crippen LogP contribution in [0.2, 0.25) is 0 Å². The Morgan fingerprint density at radius 2 is 1.62 bits per heavy atom. The molecular formula is C21H33NO7. The molecule has 1 saturated heterocycles. The highest BCUT2D eigenvalue weighted by molar-refractivity contribution is 5.67. The molecule has 1 unspecified atom stereocenters. The summed E-state index contributed by atoms with van der Waals surface area (Å²) in [6.07, 6.45) is 2.73. The molecule has 1 aliphatic heterocycles. The normalized spacial score (nSPS) is 16.5. The molecule has 1 heterocycles. The fraction of sp³-hybridized carbons (Fsp3) is 0.667. The second-order valence-electron chi connectivity index (χ2n) is 6.49. The highest BCUT2D eigenvalue weighted by atomic mass is 16.7. The minimum absolute atomic E-state index is 0.0686. The molecule has 164 valence electrons. The quantitative estimate of drug-likeness (QED) is 0.444. The van der Waals surface area contributed by atoms with E-state index in [4.69, 9.17) is 28.4 Å². The lowest BCUT2D eigenvalue weighted by atomic mass is 10.2. The van der Waals surface area contributed by atoms with E-state index in [-0.39, 0.29) is 12.9 Å². The van der Waals surface area contributed by atoms with Crippen LogP contribution in [0.5, 0.6) is 0 Å². The van der Waals surface area contributed by atoms with Crippen molar-refractivity contribution >= 4 is 6.09 Å². The van der Waals surface area contributed by atoms with E-state index in [1.165, 1.54) is 0 Å². The Morgan fingerprint density at radius 3 is 2.31 bits per heavy atom. The van der Waals surface area contributed by atoms with Gasteiger partial charge in [-0.15, -0.1) is 0 Å². The van der Waals surface area contributed by atoms with E-state index in [1.807, 2.05) is 30.3 Å². The minimum Gasteiger partial charge on any atom is -0.445 e. The van der Waals surface area contributed by atoms with E-state index >= 15 is 0 Å². The van der Waals surface area contributed by atoms with Gasteiger partial charge in [0.1, 0.15) is 6.61 Å². The van der Waals surface area contributed by atoms with Gasteiger partial charge < -0.3 is 33.7 Å². The van der Waals surface area contributed by atoms with Crippen LogP contribution in [-0.4, -0.2) is 71.8 Å². The highest BCUT2D eigenvalue weighted by Crippen LogP contribution is 2.13. The first-order valence-corrected chi connectivity index (χ1v) is 10.3. The number of nitrogens with one attached hydrogen (secondary N) is 1. The average molecular weight is 411 g/mol. The van der Waals surface area contributed by atoms with Gasteiger partial charge in [-0.1, -0.05) is 30.3 Å². The second-order valence-corrected chi connectivity index (χ2v) is 6.49. The molecule has 1 aromatic rings. The third-order valence-electron chi connectivity index (χ3n) is 4.14. The number of benzene rings is 1. The van der Waals surface area contributed by atoms with Crippen LogP contribution in [0, 0.1) is 0 Å². The van der Waals surface area contributed by atoms with Crippen molar-refractivity contribution in [1.29, 1.82) is 0 Å². The molecule has 2 rings (SSSR count). The van der Waals surface area contributed by atoms with Gasteiger partial charge in [0, 0.05) is 13.2 Å².